The summed E-state index contributed by atoms with van der Waals surface area (Å²) in [5.74, 6) is 1.20. The fourth-order valence-corrected chi connectivity index (χ4v) is 2.74. The summed E-state index contributed by atoms with van der Waals surface area (Å²) in [4.78, 5) is 2.40. The normalized spacial score (nSPS) is 10.9. The Morgan fingerprint density at radius 2 is 1.90 bits per heavy atom. The number of rotatable bonds is 7. The van der Waals surface area contributed by atoms with E-state index in [-0.39, 0.29) is 0 Å². The second-order valence-corrected chi connectivity index (χ2v) is 5.25. The van der Waals surface area contributed by atoms with E-state index in [4.69, 9.17) is 10.8 Å². The van der Waals surface area contributed by atoms with Crippen LogP contribution < -0.4 is 10.6 Å². The highest BCUT2D eigenvalue weighted by Crippen LogP contribution is 2.27. The summed E-state index contributed by atoms with van der Waals surface area (Å²) < 4.78 is 2.07. The van der Waals surface area contributed by atoms with Gasteiger partial charge in [0.2, 0.25) is 0 Å². The van der Waals surface area contributed by atoms with Gasteiger partial charge in [0.15, 0.2) is 0 Å². The van der Waals surface area contributed by atoms with Gasteiger partial charge in [-0.05, 0) is 45.4 Å². The van der Waals surface area contributed by atoms with Crippen molar-refractivity contribution < 1.29 is 0 Å². The lowest BCUT2D eigenvalue weighted by molar-refractivity contribution is 0.739. The summed E-state index contributed by atoms with van der Waals surface area (Å²) in [5.41, 5.74) is 9.26. The molecule has 21 heavy (non-hydrogen) atoms. The number of hydrogen-bond acceptors (Lipinski definition) is 3. The van der Waals surface area contributed by atoms with Crippen molar-refractivity contribution in [3.05, 3.63) is 41.6 Å². The van der Waals surface area contributed by atoms with Crippen LogP contribution in [0.1, 0.15) is 31.5 Å². The smallest absolute Gasteiger partial charge is 0.135 e. The van der Waals surface area contributed by atoms with Crippen LogP contribution in [0.3, 0.4) is 0 Å². The maximum Gasteiger partial charge on any atom is 0.135 e. The Morgan fingerprint density at radius 1 is 1.19 bits per heavy atom. The SMILES string of the molecule is CCCN(CC)c1c(CCN)c(C)nn1-c1ccccc1. The molecule has 114 valence electrons. The second-order valence-electron chi connectivity index (χ2n) is 5.25. The molecule has 4 nitrogen and oxygen atoms in total. The first-order valence-electron chi connectivity index (χ1n) is 7.81. The summed E-state index contributed by atoms with van der Waals surface area (Å²) in [6.45, 7) is 9.14. The van der Waals surface area contributed by atoms with Gasteiger partial charge in [-0.25, -0.2) is 4.68 Å². The van der Waals surface area contributed by atoms with Gasteiger partial charge >= 0.3 is 0 Å². The molecule has 0 aliphatic rings. The van der Waals surface area contributed by atoms with E-state index in [2.05, 4.69) is 54.6 Å². The summed E-state index contributed by atoms with van der Waals surface area (Å²) in [5, 5.41) is 4.77. The van der Waals surface area contributed by atoms with Gasteiger partial charge in [0.1, 0.15) is 5.82 Å². The van der Waals surface area contributed by atoms with Gasteiger partial charge in [-0.1, -0.05) is 25.1 Å². The zero-order valence-electron chi connectivity index (χ0n) is 13.3. The van der Waals surface area contributed by atoms with Gasteiger partial charge < -0.3 is 10.6 Å². The third-order valence-corrected chi connectivity index (χ3v) is 3.73. The quantitative estimate of drug-likeness (QED) is 0.851. The molecule has 0 spiro atoms. The minimum Gasteiger partial charge on any atom is -0.357 e. The van der Waals surface area contributed by atoms with Crippen molar-refractivity contribution in [1.29, 1.82) is 0 Å². The van der Waals surface area contributed by atoms with Crippen LogP contribution in [0.5, 0.6) is 0 Å². The van der Waals surface area contributed by atoms with Crippen molar-refractivity contribution in [1.82, 2.24) is 9.78 Å². The number of nitrogens with two attached hydrogens (primary N) is 1. The highest BCUT2D eigenvalue weighted by Gasteiger charge is 2.20. The van der Waals surface area contributed by atoms with Crippen molar-refractivity contribution in [2.45, 2.75) is 33.6 Å². The molecule has 0 bridgehead atoms. The number of aromatic nitrogens is 2. The molecule has 1 aromatic carbocycles. The zero-order chi connectivity index (χ0) is 15.2. The lowest BCUT2D eigenvalue weighted by Crippen LogP contribution is -2.27. The first kappa shape index (κ1) is 15.6. The van der Waals surface area contributed by atoms with Crippen LogP contribution in [-0.4, -0.2) is 29.4 Å². The van der Waals surface area contributed by atoms with Crippen molar-refractivity contribution in [2.24, 2.45) is 5.73 Å². The summed E-state index contributed by atoms with van der Waals surface area (Å²) >= 11 is 0. The van der Waals surface area contributed by atoms with Crippen molar-refractivity contribution in [3.63, 3.8) is 0 Å². The predicted octanol–water partition coefficient (Wildman–Crippen LogP) is 2.92. The molecule has 2 aromatic rings. The highest BCUT2D eigenvalue weighted by molar-refractivity contribution is 5.55. The van der Waals surface area contributed by atoms with Crippen LogP contribution >= 0.6 is 0 Å². The molecule has 0 saturated heterocycles. The molecule has 0 saturated carbocycles. The third-order valence-electron chi connectivity index (χ3n) is 3.73. The largest absolute Gasteiger partial charge is 0.357 e. The molecular formula is C17H26N4. The lowest BCUT2D eigenvalue weighted by Gasteiger charge is -2.25. The second kappa shape index (κ2) is 7.27. The van der Waals surface area contributed by atoms with Crippen LogP contribution in [0.15, 0.2) is 30.3 Å². The molecule has 0 amide bonds. The van der Waals surface area contributed by atoms with E-state index in [1.54, 1.807) is 0 Å². The van der Waals surface area contributed by atoms with Gasteiger partial charge in [-0.15, -0.1) is 0 Å². The van der Waals surface area contributed by atoms with E-state index >= 15 is 0 Å². The first-order valence-corrected chi connectivity index (χ1v) is 7.81. The topological polar surface area (TPSA) is 47.1 Å². The number of aryl methyl sites for hydroxylation is 1. The molecule has 0 radical (unpaired) electrons. The monoisotopic (exact) mass is 286 g/mol. The van der Waals surface area contributed by atoms with Gasteiger partial charge in [-0.2, -0.15) is 5.10 Å². The minimum absolute atomic E-state index is 0.651. The molecule has 4 heteroatoms. The number of anilines is 1. The third kappa shape index (κ3) is 3.27. The van der Waals surface area contributed by atoms with Crippen LogP contribution in [0.2, 0.25) is 0 Å². The standard InChI is InChI=1S/C17H26N4/c1-4-13-20(5-2)17-16(11-12-18)14(3)19-21(17)15-9-7-6-8-10-15/h6-10H,4-5,11-13,18H2,1-3H3. The molecule has 2 rings (SSSR count). The van der Waals surface area contributed by atoms with Crippen LogP contribution in [0.25, 0.3) is 5.69 Å². The molecular weight excluding hydrogens is 260 g/mol. The van der Waals surface area contributed by atoms with E-state index in [9.17, 15) is 0 Å². The number of hydrogen-bond donors (Lipinski definition) is 1. The van der Waals surface area contributed by atoms with Crippen LogP contribution in [0, 0.1) is 6.92 Å². The van der Waals surface area contributed by atoms with Gasteiger partial charge in [-0.3, -0.25) is 0 Å². The zero-order valence-corrected chi connectivity index (χ0v) is 13.3. The molecule has 0 aliphatic heterocycles. The van der Waals surface area contributed by atoms with Crippen LogP contribution in [0.4, 0.5) is 5.82 Å². The first-order chi connectivity index (χ1) is 10.2. The maximum atomic E-state index is 5.81. The van der Waals surface area contributed by atoms with Gasteiger partial charge in [0, 0.05) is 18.7 Å². The van der Waals surface area contributed by atoms with E-state index in [0.717, 1.165) is 37.3 Å². The molecule has 0 unspecified atom stereocenters. The Kier molecular flexibility index (Phi) is 5.39. The van der Waals surface area contributed by atoms with E-state index < -0.39 is 0 Å². The van der Waals surface area contributed by atoms with Crippen molar-refractivity contribution >= 4 is 5.82 Å². The van der Waals surface area contributed by atoms with Crippen molar-refractivity contribution in [3.8, 4) is 5.69 Å². The fraction of sp³-hybridized carbons (Fsp3) is 0.471. The molecule has 1 aromatic heterocycles. The van der Waals surface area contributed by atoms with Crippen molar-refractivity contribution in [2.75, 3.05) is 24.5 Å². The number of benzene rings is 1. The number of nitrogens with zero attached hydrogens (tertiary/aromatic N) is 3. The molecule has 1 heterocycles. The summed E-state index contributed by atoms with van der Waals surface area (Å²) in [7, 11) is 0. The van der Waals surface area contributed by atoms with E-state index in [1.165, 1.54) is 11.4 Å². The summed E-state index contributed by atoms with van der Waals surface area (Å²) in [6.07, 6.45) is 1.99. The average molecular weight is 286 g/mol. The Balaban J connectivity index is 2.56. The average Bonchev–Trinajstić information content (AvgIpc) is 2.83. The van der Waals surface area contributed by atoms with Gasteiger partial charge in [0.05, 0.1) is 11.4 Å². The predicted molar refractivity (Wildman–Crippen MR) is 89.2 cm³/mol. The minimum atomic E-state index is 0.651. The Hall–Kier alpha value is -1.81. The van der Waals surface area contributed by atoms with Gasteiger partial charge in [0.25, 0.3) is 0 Å². The Bertz CT molecular complexity index is 560. The molecule has 0 fully saturated rings. The lowest BCUT2D eigenvalue weighted by atomic mass is 10.1. The van der Waals surface area contributed by atoms with E-state index in [1.807, 2.05) is 6.07 Å². The number of para-hydroxylation sites is 1. The maximum absolute atomic E-state index is 5.81. The van der Waals surface area contributed by atoms with E-state index in [0.29, 0.717) is 6.54 Å². The Morgan fingerprint density at radius 3 is 2.48 bits per heavy atom. The molecule has 2 N–H and O–H groups in total. The Labute approximate surface area is 127 Å². The molecule has 0 aliphatic carbocycles. The highest BCUT2D eigenvalue weighted by atomic mass is 15.4. The fourth-order valence-electron chi connectivity index (χ4n) is 2.74. The molecule has 0 atom stereocenters. The van der Waals surface area contributed by atoms with Crippen LogP contribution in [-0.2, 0) is 6.42 Å². The summed E-state index contributed by atoms with van der Waals surface area (Å²) in [6, 6.07) is 10.3.